The Balaban J connectivity index is 2.25. The number of aromatic nitrogens is 1. The quantitative estimate of drug-likeness (QED) is 0.867. The van der Waals surface area contributed by atoms with Crippen LogP contribution in [0, 0.1) is 0 Å². The normalized spacial score (nSPS) is 10.9. The lowest BCUT2D eigenvalue weighted by Crippen LogP contribution is -2.11. The van der Waals surface area contributed by atoms with Crippen LogP contribution in [0.15, 0.2) is 22.8 Å². The van der Waals surface area contributed by atoms with Crippen LogP contribution in [0.3, 0.4) is 0 Å². The molecular weight excluding hydrogens is 220 g/mol. The van der Waals surface area contributed by atoms with Crippen molar-refractivity contribution in [1.29, 1.82) is 0 Å². The van der Waals surface area contributed by atoms with Crippen LogP contribution >= 0.6 is 11.3 Å². The molecule has 0 fully saturated rings. The number of thiazole rings is 1. The molecule has 0 bridgehead atoms. The molecule has 0 aliphatic heterocycles. The molecule has 16 heavy (non-hydrogen) atoms. The molecular formula is C12H16N2OS. The standard InChI is InChI=1S/C12H16N2OS/c1-3-9-11(8-13-4-2)16-12(14-9)10-6-5-7-15-10/h5-7,13H,3-4,8H2,1-2H3. The molecule has 0 atom stereocenters. The number of nitrogens with one attached hydrogen (secondary N) is 1. The van der Waals surface area contributed by atoms with Crippen molar-refractivity contribution in [3.63, 3.8) is 0 Å². The molecule has 2 heterocycles. The number of hydrogen-bond acceptors (Lipinski definition) is 4. The van der Waals surface area contributed by atoms with Gasteiger partial charge < -0.3 is 9.73 Å². The van der Waals surface area contributed by atoms with Crippen molar-refractivity contribution in [1.82, 2.24) is 10.3 Å². The molecule has 0 saturated carbocycles. The summed E-state index contributed by atoms with van der Waals surface area (Å²) in [4.78, 5) is 5.92. The summed E-state index contributed by atoms with van der Waals surface area (Å²) in [5.41, 5.74) is 1.18. The van der Waals surface area contributed by atoms with E-state index in [1.54, 1.807) is 17.6 Å². The van der Waals surface area contributed by atoms with Gasteiger partial charge in [0.1, 0.15) is 0 Å². The van der Waals surface area contributed by atoms with Gasteiger partial charge in [-0.15, -0.1) is 11.3 Å². The fourth-order valence-corrected chi connectivity index (χ4v) is 2.63. The Labute approximate surface area is 99.5 Å². The van der Waals surface area contributed by atoms with Gasteiger partial charge in [-0.2, -0.15) is 0 Å². The van der Waals surface area contributed by atoms with E-state index in [-0.39, 0.29) is 0 Å². The molecule has 0 spiro atoms. The van der Waals surface area contributed by atoms with E-state index in [1.807, 2.05) is 12.1 Å². The van der Waals surface area contributed by atoms with Crippen LogP contribution in [-0.2, 0) is 13.0 Å². The Morgan fingerprint density at radius 2 is 2.31 bits per heavy atom. The van der Waals surface area contributed by atoms with E-state index in [9.17, 15) is 0 Å². The molecule has 4 heteroatoms. The Bertz CT molecular complexity index is 434. The van der Waals surface area contributed by atoms with E-state index in [1.165, 1.54) is 10.6 Å². The molecule has 86 valence electrons. The topological polar surface area (TPSA) is 38.1 Å². The highest BCUT2D eigenvalue weighted by atomic mass is 32.1. The van der Waals surface area contributed by atoms with Gasteiger partial charge in [-0.25, -0.2) is 4.98 Å². The van der Waals surface area contributed by atoms with Gasteiger partial charge in [-0.1, -0.05) is 13.8 Å². The zero-order valence-corrected chi connectivity index (χ0v) is 10.4. The van der Waals surface area contributed by atoms with Crippen LogP contribution < -0.4 is 5.32 Å². The average Bonchev–Trinajstić information content (AvgIpc) is 2.94. The number of hydrogen-bond donors (Lipinski definition) is 1. The predicted molar refractivity (Wildman–Crippen MR) is 66.6 cm³/mol. The summed E-state index contributed by atoms with van der Waals surface area (Å²) in [5, 5.41) is 4.32. The molecule has 0 unspecified atom stereocenters. The minimum absolute atomic E-state index is 0.863. The van der Waals surface area contributed by atoms with E-state index in [4.69, 9.17) is 4.42 Å². The molecule has 0 radical (unpaired) electrons. The first-order chi connectivity index (χ1) is 7.85. The Morgan fingerprint density at radius 3 is 2.94 bits per heavy atom. The number of nitrogens with zero attached hydrogens (tertiary/aromatic N) is 1. The van der Waals surface area contributed by atoms with E-state index in [0.717, 1.165) is 30.3 Å². The molecule has 3 nitrogen and oxygen atoms in total. The van der Waals surface area contributed by atoms with Crippen molar-refractivity contribution >= 4 is 11.3 Å². The Morgan fingerprint density at radius 1 is 1.44 bits per heavy atom. The highest BCUT2D eigenvalue weighted by Crippen LogP contribution is 2.28. The summed E-state index contributed by atoms with van der Waals surface area (Å²) in [5.74, 6) is 0.863. The SMILES string of the molecule is CCNCc1sc(-c2ccco2)nc1CC. The second kappa shape index (κ2) is 5.27. The summed E-state index contributed by atoms with van der Waals surface area (Å²) in [6.45, 7) is 6.13. The molecule has 2 aromatic rings. The third-order valence-electron chi connectivity index (χ3n) is 2.38. The maximum absolute atomic E-state index is 5.36. The van der Waals surface area contributed by atoms with Gasteiger partial charge >= 0.3 is 0 Å². The van der Waals surface area contributed by atoms with Crippen molar-refractivity contribution < 1.29 is 4.42 Å². The van der Waals surface area contributed by atoms with Gasteiger partial charge in [0.15, 0.2) is 10.8 Å². The fourth-order valence-electron chi connectivity index (χ4n) is 1.54. The first-order valence-electron chi connectivity index (χ1n) is 5.58. The lowest BCUT2D eigenvalue weighted by Gasteiger charge is -1.99. The van der Waals surface area contributed by atoms with E-state index >= 15 is 0 Å². The third kappa shape index (κ3) is 2.33. The lowest BCUT2D eigenvalue weighted by molar-refractivity contribution is 0.581. The molecule has 2 rings (SSSR count). The van der Waals surface area contributed by atoms with E-state index in [2.05, 4.69) is 24.1 Å². The largest absolute Gasteiger partial charge is 0.462 e. The molecule has 1 N–H and O–H groups in total. The van der Waals surface area contributed by atoms with Crippen molar-refractivity contribution in [2.24, 2.45) is 0 Å². The predicted octanol–water partition coefficient (Wildman–Crippen LogP) is 3.08. The fraction of sp³-hybridized carbons (Fsp3) is 0.417. The van der Waals surface area contributed by atoms with Crippen LogP contribution in [-0.4, -0.2) is 11.5 Å². The number of aryl methyl sites for hydroxylation is 1. The monoisotopic (exact) mass is 236 g/mol. The zero-order valence-electron chi connectivity index (χ0n) is 9.62. The highest BCUT2D eigenvalue weighted by Gasteiger charge is 2.12. The zero-order chi connectivity index (χ0) is 11.4. The second-order valence-electron chi connectivity index (χ2n) is 3.50. The van der Waals surface area contributed by atoms with Gasteiger partial charge in [0, 0.05) is 11.4 Å². The Hall–Kier alpha value is -1.13. The summed E-state index contributed by atoms with van der Waals surface area (Å²) < 4.78 is 5.36. The van der Waals surface area contributed by atoms with Crippen molar-refractivity contribution in [3.05, 3.63) is 29.0 Å². The number of furan rings is 1. The third-order valence-corrected chi connectivity index (χ3v) is 3.49. The van der Waals surface area contributed by atoms with E-state index < -0.39 is 0 Å². The van der Waals surface area contributed by atoms with Crippen molar-refractivity contribution in [2.45, 2.75) is 26.8 Å². The van der Waals surface area contributed by atoms with Gasteiger partial charge in [0.2, 0.25) is 0 Å². The van der Waals surface area contributed by atoms with Crippen LogP contribution in [0.1, 0.15) is 24.4 Å². The Kier molecular flexibility index (Phi) is 3.74. The molecule has 0 saturated heterocycles. The van der Waals surface area contributed by atoms with Crippen molar-refractivity contribution in [3.8, 4) is 10.8 Å². The van der Waals surface area contributed by atoms with Crippen LogP contribution in [0.4, 0.5) is 0 Å². The molecule has 0 amide bonds. The minimum atomic E-state index is 0.863. The maximum atomic E-state index is 5.36. The second-order valence-corrected chi connectivity index (χ2v) is 4.58. The number of rotatable bonds is 5. The first-order valence-corrected chi connectivity index (χ1v) is 6.40. The maximum Gasteiger partial charge on any atom is 0.162 e. The molecule has 2 aromatic heterocycles. The van der Waals surface area contributed by atoms with Gasteiger partial charge in [-0.3, -0.25) is 0 Å². The van der Waals surface area contributed by atoms with Crippen molar-refractivity contribution in [2.75, 3.05) is 6.54 Å². The molecule has 0 aliphatic rings. The summed E-state index contributed by atoms with van der Waals surface area (Å²) in [6, 6.07) is 3.85. The first kappa shape index (κ1) is 11.4. The summed E-state index contributed by atoms with van der Waals surface area (Å²) >= 11 is 1.71. The van der Waals surface area contributed by atoms with Crippen LogP contribution in [0.25, 0.3) is 10.8 Å². The highest BCUT2D eigenvalue weighted by molar-refractivity contribution is 7.15. The summed E-state index contributed by atoms with van der Waals surface area (Å²) in [7, 11) is 0. The van der Waals surface area contributed by atoms with Crippen LogP contribution in [0.2, 0.25) is 0 Å². The van der Waals surface area contributed by atoms with Crippen LogP contribution in [0.5, 0.6) is 0 Å². The smallest absolute Gasteiger partial charge is 0.162 e. The van der Waals surface area contributed by atoms with Gasteiger partial charge in [0.25, 0.3) is 0 Å². The molecule has 0 aliphatic carbocycles. The molecule has 0 aromatic carbocycles. The van der Waals surface area contributed by atoms with E-state index in [0.29, 0.717) is 0 Å². The average molecular weight is 236 g/mol. The summed E-state index contributed by atoms with van der Waals surface area (Å²) in [6.07, 6.45) is 2.66. The minimum Gasteiger partial charge on any atom is -0.462 e. The van der Waals surface area contributed by atoms with Gasteiger partial charge in [0.05, 0.1) is 12.0 Å². The lowest BCUT2D eigenvalue weighted by atomic mass is 10.3. The van der Waals surface area contributed by atoms with Gasteiger partial charge in [-0.05, 0) is 25.1 Å².